The molecule has 2 aromatic rings. The Morgan fingerprint density at radius 2 is 1.95 bits per heavy atom. The van der Waals surface area contributed by atoms with Crippen molar-refractivity contribution in [3.63, 3.8) is 0 Å². The molecule has 0 aliphatic heterocycles. The molecule has 110 valence electrons. The molecule has 21 heavy (non-hydrogen) atoms. The fraction of sp³-hybridized carbons (Fsp3) is 0.200. The highest BCUT2D eigenvalue weighted by Gasteiger charge is 2.19. The summed E-state index contributed by atoms with van der Waals surface area (Å²) in [6.07, 6.45) is -0.806. The molecule has 0 aliphatic rings. The van der Waals surface area contributed by atoms with E-state index in [1.807, 2.05) is 41.8 Å². The minimum Gasteiger partial charge on any atom is -0.481 e. The molecular weight excluding hydrogens is 290 g/mol. The Kier molecular flexibility index (Phi) is 5.34. The Balaban J connectivity index is 1.90. The lowest BCUT2D eigenvalue weighted by atomic mass is 10.2. The van der Waals surface area contributed by atoms with Crippen LogP contribution in [0.25, 0.3) is 0 Å². The number of amides is 1. The van der Waals surface area contributed by atoms with Gasteiger partial charge in [-0.2, -0.15) is 0 Å². The van der Waals surface area contributed by atoms with Gasteiger partial charge in [0.25, 0.3) is 0 Å². The molecule has 0 saturated carbocycles. The summed E-state index contributed by atoms with van der Waals surface area (Å²) in [5, 5.41) is 13.3. The number of carbonyl (C=O) groups excluding carboxylic acids is 1. The predicted octanol–water partition coefficient (Wildman–Crippen LogP) is 3.19. The molecule has 1 aromatic carbocycles. The Morgan fingerprint density at radius 3 is 2.57 bits per heavy atom. The maximum absolute atomic E-state index is 11.8. The second kappa shape index (κ2) is 7.44. The number of ether oxygens (including phenoxy) is 1. The molecule has 1 aromatic heterocycles. The van der Waals surface area contributed by atoms with E-state index in [0.29, 0.717) is 0 Å². The SMILES string of the molecule is O=C(O)C[C@@H](NC(=O)OCc1ccccc1)c1cccs1. The third-order valence-electron chi connectivity index (χ3n) is 2.77. The van der Waals surface area contributed by atoms with Gasteiger partial charge in [0.05, 0.1) is 12.5 Å². The van der Waals surface area contributed by atoms with E-state index in [4.69, 9.17) is 9.84 Å². The van der Waals surface area contributed by atoms with Gasteiger partial charge in [0.1, 0.15) is 6.61 Å². The maximum Gasteiger partial charge on any atom is 0.407 e. The van der Waals surface area contributed by atoms with Crippen LogP contribution in [0.2, 0.25) is 0 Å². The number of rotatable bonds is 6. The van der Waals surface area contributed by atoms with Crippen LogP contribution in [0, 0.1) is 0 Å². The van der Waals surface area contributed by atoms with E-state index in [1.54, 1.807) is 6.07 Å². The first-order chi connectivity index (χ1) is 10.1. The highest BCUT2D eigenvalue weighted by Crippen LogP contribution is 2.22. The van der Waals surface area contributed by atoms with E-state index in [1.165, 1.54) is 11.3 Å². The fourth-order valence-corrected chi connectivity index (χ4v) is 2.57. The molecule has 1 atom stereocenters. The quantitative estimate of drug-likeness (QED) is 0.859. The summed E-state index contributed by atoms with van der Waals surface area (Å²) >= 11 is 1.40. The van der Waals surface area contributed by atoms with Crippen molar-refractivity contribution in [3.05, 3.63) is 58.3 Å². The molecule has 1 heterocycles. The minimum atomic E-state index is -0.975. The molecule has 0 bridgehead atoms. The first-order valence-electron chi connectivity index (χ1n) is 6.37. The number of carboxylic acids is 1. The van der Waals surface area contributed by atoms with Crippen molar-refractivity contribution in [1.29, 1.82) is 0 Å². The maximum atomic E-state index is 11.8. The van der Waals surface area contributed by atoms with Gasteiger partial charge in [0.15, 0.2) is 0 Å². The molecule has 0 fully saturated rings. The van der Waals surface area contributed by atoms with E-state index in [-0.39, 0.29) is 13.0 Å². The summed E-state index contributed by atoms with van der Waals surface area (Å²) in [4.78, 5) is 23.4. The van der Waals surface area contributed by atoms with Crippen molar-refractivity contribution < 1.29 is 19.4 Å². The average Bonchev–Trinajstić information content (AvgIpc) is 2.99. The highest BCUT2D eigenvalue weighted by atomic mass is 32.1. The second-order valence-corrected chi connectivity index (χ2v) is 5.35. The van der Waals surface area contributed by atoms with Gasteiger partial charge in [0.2, 0.25) is 0 Å². The Hall–Kier alpha value is -2.34. The molecule has 6 heteroatoms. The molecule has 0 saturated heterocycles. The number of alkyl carbamates (subject to hydrolysis) is 1. The lowest BCUT2D eigenvalue weighted by molar-refractivity contribution is -0.137. The molecule has 0 aliphatic carbocycles. The Labute approximate surface area is 126 Å². The van der Waals surface area contributed by atoms with Crippen molar-refractivity contribution in [2.24, 2.45) is 0 Å². The summed E-state index contributed by atoms with van der Waals surface area (Å²) in [5.74, 6) is -0.975. The van der Waals surface area contributed by atoms with Crippen LogP contribution in [0.4, 0.5) is 4.79 Å². The predicted molar refractivity (Wildman–Crippen MR) is 79.1 cm³/mol. The number of aliphatic carboxylic acids is 1. The number of hydrogen-bond donors (Lipinski definition) is 2. The molecular formula is C15H15NO4S. The zero-order valence-corrected chi connectivity index (χ0v) is 12.0. The first-order valence-corrected chi connectivity index (χ1v) is 7.25. The standard InChI is InChI=1S/C15H15NO4S/c17-14(18)9-12(13-7-4-8-21-13)16-15(19)20-10-11-5-2-1-3-6-11/h1-8,12H,9-10H2,(H,16,19)(H,17,18)/t12-/m1/s1. The zero-order chi connectivity index (χ0) is 15.1. The molecule has 2 rings (SSSR count). The Bertz CT molecular complexity index is 583. The summed E-state index contributed by atoms with van der Waals surface area (Å²) in [5.41, 5.74) is 0.874. The molecule has 0 unspecified atom stereocenters. The van der Waals surface area contributed by atoms with Gasteiger partial charge in [0, 0.05) is 4.88 Å². The average molecular weight is 305 g/mol. The number of benzene rings is 1. The van der Waals surface area contributed by atoms with Crippen LogP contribution in [0.15, 0.2) is 47.8 Å². The van der Waals surface area contributed by atoms with Gasteiger partial charge in [-0.15, -0.1) is 11.3 Å². The van der Waals surface area contributed by atoms with Gasteiger partial charge in [-0.3, -0.25) is 4.79 Å². The lowest BCUT2D eigenvalue weighted by Crippen LogP contribution is -2.30. The lowest BCUT2D eigenvalue weighted by Gasteiger charge is -2.15. The molecule has 1 amide bonds. The van der Waals surface area contributed by atoms with Crippen molar-refractivity contribution in [2.75, 3.05) is 0 Å². The van der Waals surface area contributed by atoms with Crippen molar-refractivity contribution in [3.8, 4) is 0 Å². The number of thiophene rings is 1. The van der Waals surface area contributed by atoms with E-state index in [0.717, 1.165) is 10.4 Å². The normalized spacial score (nSPS) is 11.6. The van der Waals surface area contributed by atoms with Crippen molar-refractivity contribution in [1.82, 2.24) is 5.32 Å². The van der Waals surface area contributed by atoms with Gasteiger partial charge in [-0.05, 0) is 17.0 Å². The van der Waals surface area contributed by atoms with E-state index in [2.05, 4.69) is 5.32 Å². The highest BCUT2D eigenvalue weighted by molar-refractivity contribution is 7.10. The topological polar surface area (TPSA) is 75.6 Å². The Morgan fingerprint density at radius 1 is 1.19 bits per heavy atom. The van der Waals surface area contributed by atoms with Crippen LogP contribution >= 0.6 is 11.3 Å². The number of carboxylic acid groups (broad SMARTS) is 1. The summed E-state index contributed by atoms with van der Waals surface area (Å²) in [6.45, 7) is 0.150. The van der Waals surface area contributed by atoms with Gasteiger partial charge in [-0.25, -0.2) is 4.79 Å². The monoisotopic (exact) mass is 305 g/mol. The molecule has 0 radical (unpaired) electrons. The minimum absolute atomic E-state index is 0.150. The van der Waals surface area contributed by atoms with Gasteiger partial charge in [-0.1, -0.05) is 36.4 Å². The molecule has 5 nitrogen and oxygen atoms in total. The largest absolute Gasteiger partial charge is 0.481 e. The van der Waals surface area contributed by atoms with Crippen LogP contribution < -0.4 is 5.32 Å². The van der Waals surface area contributed by atoms with Gasteiger partial charge < -0.3 is 15.2 Å². The summed E-state index contributed by atoms with van der Waals surface area (Å²) < 4.78 is 5.10. The first kappa shape index (κ1) is 15.1. The summed E-state index contributed by atoms with van der Waals surface area (Å²) in [7, 11) is 0. The van der Waals surface area contributed by atoms with Crippen LogP contribution in [0.5, 0.6) is 0 Å². The van der Waals surface area contributed by atoms with E-state index >= 15 is 0 Å². The van der Waals surface area contributed by atoms with Crippen LogP contribution in [-0.2, 0) is 16.1 Å². The van der Waals surface area contributed by atoms with Crippen LogP contribution in [-0.4, -0.2) is 17.2 Å². The zero-order valence-electron chi connectivity index (χ0n) is 11.2. The summed E-state index contributed by atoms with van der Waals surface area (Å²) in [6, 6.07) is 12.3. The van der Waals surface area contributed by atoms with E-state index < -0.39 is 18.1 Å². The van der Waals surface area contributed by atoms with E-state index in [9.17, 15) is 9.59 Å². The van der Waals surface area contributed by atoms with Crippen LogP contribution in [0.1, 0.15) is 22.9 Å². The van der Waals surface area contributed by atoms with Crippen LogP contribution in [0.3, 0.4) is 0 Å². The third-order valence-corrected chi connectivity index (χ3v) is 3.76. The van der Waals surface area contributed by atoms with Gasteiger partial charge >= 0.3 is 12.1 Å². The number of carbonyl (C=O) groups is 2. The molecule has 0 spiro atoms. The number of nitrogens with one attached hydrogen (secondary N) is 1. The smallest absolute Gasteiger partial charge is 0.407 e. The fourth-order valence-electron chi connectivity index (χ4n) is 1.79. The second-order valence-electron chi connectivity index (χ2n) is 4.37. The number of hydrogen-bond acceptors (Lipinski definition) is 4. The van der Waals surface area contributed by atoms with Crippen molar-refractivity contribution in [2.45, 2.75) is 19.1 Å². The van der Waals surface area contributed by atoms with Crippen molar-refractivity contribution >= 4 is 23.4 Å². The third kappa shape index (κ3) is 4.92. The molecule has 2 N–H and O–H groups in total.